The van der Waals surface area contributed by atoms with E-state index in [4.69, 9.17) is 20.6 Å². The Labute approximate surface area is 157 Å². The summed E-state index contributed by atoms with van der Waals surface area (Å²) in [6, 6.07) is 7.27. The number of nitrogens with one attached hydrogen (secondary N) is 1. The molecule has 27 heavy (non-hydrogen) atoms. The van der Waals surface area contributed by atoms with E-state index in [0.29, 0.717) is 18.0 Å². The second-order valence-corrected chi connectivity index (χ2v) is 6.16. The normalized spacial score (nSPS) is 14.5. The highest BCUT2D eigenvalue weighted by Crippen LogP contribution is 2.31. The predicted molar refractivity (Wildman–Crippen MR) is 104 cm³/mol. The molecule has 1 aliphatic rings. The van der Waals surface area contributed by atoms with Gasteiger partial charge in [-0.05, 0) is 38.8 Å². The molecule has 1 amide bonds. The van der Waals surface area contributed by atoms with E-state index in [0.717, 1.165) is 41.9 Å². The Hall–Kier alpha value is -3.29. The van der Waals surface area contributed by atoms with Crippen LogP contribution in [-0.4, -0.2) is 24.2 Å². The zero-order valence-corrected chi connectivity index (χ0v) is 15.4. The fourth-order valence-corrected chi connectivity index (χ4v) is 3.13. The van der Waals surface area contributed by atoms with Gasteiger partial charge < -0.3 is 25.9 Å². The molecule has 0 radical (unpaired) electrons. The van der Waals surface area contributed by atoms with E-state index in [-0.39, 0.29) is 17.6 Å². The van der Waals surface area contributed by atoms with Gasteiger partial charge in [-0.2, -0.15) is 5.10 Å². The fourth-order valence-electron chi connectivity index (χ4n) is 3.13. The summed E-state index contributed by atoms with van der Waals surface area (Å²) in [7, 11) is 0. The first-order valence-electron chi connectivity index (χ1n) is 8.82. The Morgan fingerprint density at radius 3 is 2.81 bits per heavy atom. The van der Waals surface area contributed by atoms with Crippen LogP contribution in [0.3, 0.4) is 0 Å². The first kappa shape index (κ1) is 18.5. The standard InChI is InChI=1S/C19H23N5O3/c1-3-26-14-9-5-4-7-12(14)22-18(25)17-11(2)16-13(23-24-19(20)21)8-6-10-15(16)27-17/h4-5,7,9H,3,6,8,10H2,1-2H3,(H,22,25)(H4,20,21,24)/b23-13+. The van der Waals surface area contributed by atoms with Gasteiger partial charge in [0.25, 0.3) is 5.91 Å². The van der Waals surface area contributed by atoms with E-state index in [1.807, 2.05) is 26.0 Å². The van der Waals surface area contributed by atoms with E-state index in [2.05, 4.69) is 15.5 Å². The van der Waals surface area contributed by atoms with Gasteiger partial charge in [-0.3, -0.25) is 4.79 Å². The van der Waals surface area contributed by atoms with Gasteiger partial charge in [0.05, 0.1) is 18.0 Å². The van der Waals surface area contributed by atoms with Crippen LogP contribution in [0.25, 0.3) is 0 Å². The highest BCUT2D eigenvalue weighted by molar-refractivity contribution is 6.09. The number of para-hydroxylation sites is 2. The van der Waals surface area contributed by atoms with Crippen molar-refractivity contribution in [3.05, 3.63) is 46.9 Å². The number of ether oxygens (including phenoxy) is 1. The Morgan fingerprint density at radius 1 is 1.30 bits per heavy atom. The van der Waals surface area contributed by atoms with Crippen molar-refractivity contribution in [1.82, 2.24) is 0 Å². The fraction of sp³-hybridized carbons (Fsp3) is 0.316. The van der Waals surface area contributed by atoms with Crippen LogP contribution in [0.15, 0.2) is 38.9 Å². The molecule has 0 saturated carbocycles. The Balaban J connectivity index is 1.92. The van der Waals surface area contributed by atoms with Crippen LogP contribution < -0.4 is 21.5 Å². The number of rotatable bonds is 5. The second kappa shape index (κ2) is 7.94. The van der Waals surface area contributed by atoms with Gasteiger partial charge in [-0.25, -0.2) is 0 Å². The molecule has 1 aromatic carbocycles. The quantitative estimate of drug-likeness (QED) is 0.424. The molecular formula is C19H23N5O3. The van der Waals surface area contributed by atoms with Crippen molar-refractivity contribution in [3.8, 4) is 5.75 Å². The van der Waals surface area contributed by atoms with Crippen molar-refractivity contribution >= 4 is 23.3 Å². The monoisotopic (exact) mass is 369 g/mol. The molecule has 2 aromatic rings. The maximum absolute atomic E-state index is 12.8. The van der Waals surface area contributed by atoms with Gasteiger partial charge in [-0.15, -0.1) is 5.10 Å². The van der Waals surface area contributed by atoms with E-state index in [1.165, 1.54) is 0 Å². The third-order valence-electron chi connectivity index (χ3n) is 4.25. The Bertz CT molecular complexity index is 910. The minimum Gasteiger partial charge on any atom is -0.492 e. The smallest absolute Gasteiger partial charge is 0.291 e. The average molecular weight is 369 g/mol. The number of hydrogen-bond acceptors (Lipinski definition) is 5. The molecule has 0 unspecified atom stereocenters. The zero-order valence-electron chi connectivity index (χ0n) is 15.4. The van der Waals surface area contributed by atoms with Crippen LogP contribution in [0, 0.1) is 6.92 Å². The molecule has 0 fully saturated rings. The third-order valence-corrected chi connectivity index (χ3v) is 4.25. The lowest BCUT2D eigenvalue weighted by molar-refractivity contribution is 0.0993. The Kier molecular flexibility index (Phi) is 5.44. The highest BCUT2D eigenvalue weighted by atomic mass is 16.5. The summed E-state index contributed by atoms with van der Waals surface area (Å²) in [6.07, 6.45) is 2.31. The predicted octanol–water partition coefficient (Wildman–Crippen LogP) is 2.55. The molecule has 3 rings (SSSR count). The first-order chi connectivity index (χ1) is 13.0. The average Bonchev–Trinajstić information content (AvgIpc) is 2.99. The molecule has 5 N–H and O–H groups in total. The topological polar surface area (TPSA) is 128 Å². The van der Waals surface area contributed by atoms with Crippen molar-refractivity contribution in [2.24, 2.45) is 21.7 Å². The van der Waals surface area contributed by atoms with Gasteiger partial charge in [0.15, 0.2) is 5.76 Å². The van der Waals surface area contributed by atoms with Crippen molar-refractivity contribution in [2.75, 3.05) is 11.9 Å². The van der Waals surface area contributed by atoms with E-state index in [1.54, 1.807) is 12.1 Å². The Morgan fingerprint density at radius 2 is 2.07 bits per heavy atom. The molecule has 1 heterocycles. The molecule has 0 saturated heterocycles. The van der Waals surface area contributed by atoms with Crippen LogP contribution in [-0.2, 0) is 6.42 Å². The SMILES string of the molecule is CCOc1ccccc1NC(=O)c1oc2c(c1C)/C(=N/N=C(N)N)CCC2. The minimum atomic E-state index is -0.338. The number of anilines is 1. The molecule has 8 nitrogen and oxygen atoms in total. The van der Waals surface area contributed by atoms with E-state index >= 15 is 0 Å². The van der Waals surface area contributed by atoms with Gasteiger partial charge in [0.2, 0.25) is 5.96 Å². The van der Waals surface area contributed by atoms with Gasteiger partial charge in [0.1, 0.15) is 11.5 Å². The minimum absolute atomic E-state index is 0.110. The lowest BCUT2D eigenvalue weighted by Crippen LogP contribution is -2.22. The summed E-state index contributed by atoms with van der Waals surface area (Å²) in [6.45, 7) is 4.23. The first-order valence-corrected chi connectivity index (χ1v) is 8.82. The number of nitrogens with zero attached hydrogens (tertiary/aromatic N) is 2. The number of guanidine groups is 1. The van der Waals surface area contributed by atoms with Crippen LogP contribution in [0.1, 0.15) is 47.2 Å². The van der Waals surface area contributed by atoms with Crippen molar-refractivity contribution in [3.63, 3.8) is 0 Å². The molecule has 8 heteroatoms. The third kappa shape index (κ3) is 3.94. The lowest BCUT2D eigenvalue weighted by atomic mass is 9.93. The number of amides is 1. The summed E-state index contributed by atoms with van der Waals surface area (Å²) < 4.78 is 11.4. The number of benzene rings is 1. The van der Waals surface area contributed by atoms with Gasteiger partial charge >= 0.3 is 0 Å². The molecule has 1 aliphatic carbocycles. The zero-order chi connectivity index (χ0) is 19.4. The number of aryl methyl sites for hydroxylation is 1. The highest BCUT2D eigenvalue weighted by Gasteiger charge is 2.28. The van der Waals surface area contributed by atoms with E-state index < -0.39 is 0 Å². The number of carbonyl (C=O) groups is 1. The van der Waals surface area contributed by atoms with Crippen molar-refractivity contribution in [2.45, 2.75) is 33.1 Å². The molecule has 142 valence electrons. The molecule has 0 atom stereocenters. The summed E-state index contributed by atoms with van der Waals surface area (Å²) >= 11 is 0. The largest absolute Gasteiger partial charge is 0.492 e. The van der Waals surface area contributed by atoms with Crippen LogP contribution in [0.5, 0.6) is 5.75 Å². The maximum atomic E-state index is 12.8. The summed E-state index contributed by atoms with van der Waals surface area (Å²) in [5, 5.41) is 10.7. The number of hydrogen-bond donors (Lipinski definition) is 3. The van der Waals surface area contributed by atoms with Crippen LogP contribution >= 0.6 is 0 Å². The van der Waals surface area contributed by atoms with Crippen LogP contribution in [0.4, 0.5) is 5.69 Å². The lowest BCUT2D eigenvalue weighted by Gasteiger charge is -2.12. The second-order valence-electron chi connectivity index (χ2n) is 6.16. The number of fused-ring (bicyclic) bond motifs is 1. The summed E-state index contributed by atoms with van der Waals surface area (Å²) in [5.74, 6) is 1.14. The van der Waals surface area contributed by atoms with Crippen molar-refractivity contribution in [1.29, 1.82) is 0 Å². The number of furan rings is 1. The number of nitrogens with two attached hydrogens (primary N) is 2. The van der Waals surface area contributed by atoms with E-state index in [9.17, 15) is 4.79 Å². The van der Waals surface area contributed by atoms with Crippen LogP contribution in [0.2, 0.25) is 0 Å². The maximum Gasteiger partial charge on any atom is 0.291 e. The summed E-state index contributed by atoms with van der Waals surface area (Å²) in [5.41, 5.74) is 13.6. The number of carbonyl (C=O) groups excluding carboxylic acids is 1. The molecule has 0 spiro atoms. The molecular weight excluding hydrogens is 346 g/mol. The van der Waals surface area contributed by atoms with Gasteiger partial charge in [-0.1, -0.05) is 12.1 Å². The van der Waals surface area contributed by atoms with Gasteiger partial charge in [0, 0.05) is 17.5 Å². The molecule has 0 aliphatic heterocycles. The molecule has 1 aromatic heterocycles. The molecule has 0 bridgehead atoms. The van der Waals surface area contributed by atoms with Crippen molar-refractivity contribution < 1.29 is 13.9 Å². The summed E-state index contributed by atoms with van der Waals surface area (Å²) in [4.78, 5) is 12.8.